The topological polar surface area (TPSA) is 464 Å². The highest BCUT2D eigenvalue weighted by Crippen LogP contribution is 2.46. The van der Waals surface area contributed by atoms with Crippen molar-refractivity contribution in [3.05, 3.63) is 113 Å². The molecular weight excluding hydrogens is 1110 g/mol. The molecule has 29 heteroatoms. The molecule has 4 heterocycles. The van der Waals surface area contributed by atoms with Crippen LogP contribution in [0.2, 0.25) is 0 Å². The van der Waals surface area contributed by atoms with E-state index in [1.165, 1.54) is 78.9 Å². The SMILES string of the molecule is O=C(O)CC(=O)OCC1OC(OC2=Cc3c(O)cc(OC4OC(COC(=O)C=Cc5ccc(OC6OC(COC(=O)C=Cc7ccc(O)c(O)c7)C(O)C(O)C6O)c(O)c5)C(O)C(O)C4O)cc3OC2c2ccc(O)cc2)C(O)C(O)C1O. The lowest BCUT2D eigenvalue weighted by Crippen LogP contribution is -2.60. The number of benzene rings is 4. The van der Waals surface area contributed by atoms with Crippen LogP contribution in [0.4, 0.5) is 0 Å². The van der Waals surface area contributed by atoms with E-state index in [-0.39, 0.29) is 45.6 Å². The molecule has 0 spiro atoms. The monoisotopic (exact) mass is 1170 g/mol. The Balaban J connectivity index is 0.877. The van der Waals surface area contributed by atoms with E-state index in [0.29, 0.717) is 11.1 Å². The number of phenols is 5. The van der Waals surface area contributed by atoms with Gasteiger partial charge in [-0.2, -0.15) is 0 Å². The fraction of sp³-hybridized carbons (Fsp3) is 0.370. The number of aromatic hydroxyl groups is 5. The number of aliphatic hydroxyl groups excluding tert-OH is 9. The van der Waals surface area contributed by atoms with Crippen molar-refractivity contribution in [1.82, 2.24) is 0 Å². The molecule has 4 aromatic carbocycles. The molecule has 0 bridgehead atoms. The van der Waals surface area contributed by atoms with Crippen molar-refractivity contribution in [3.8, 4) is 46.0 Å². The molecule has 29 nitrogen and oxygen atoms in total. The zero-order valence-corrected chi connectivity index (χ0v) is 42.8. The number of phenolic OH excluding ortho intramolecular Hbond substituents is 5. The summed E-state index contributed by atoms with van der Waals surface area (Å²) in [5.41, 5.74) is 0.741. The first-order valence-electron chi connectivity index (χ1n) is 25.0. The van der Waals surface area contributed by atoms with Crippen molar-refractivity contribution < 1.29 is 143 Å². The summed E-state index contributed by atoms with van der Waals surface area (Å²) < 4.78 is 55.7. The third kappa shape index (κ3) is 14.7. The molecule has 0 radical (unpaired) electrons. The number of fused-ring (bicyclic) bond motifs is 1. The van der Waals surface area contributed by atoms with Gasteiger partial charge in [0.05, 0.1) is 5.56 Å². The largest absolute Gasteiger partial charge is 0.508 e. The molecule has 4 aliphatic heterocycles. The Bertz CT molecular complexity index is 3070. The van der Waals surface area contributed by atoms with Gasteiger partial charge < -0.3 is 124 Å². The number of rotatable bonds is 19. The Kier molecular flexibility index (Phi) is 19.3. The van der Waals surface area contributed by atoms with Crippen LogP contribution in [0.25, 0.3) is 18.2 Å². The molecular formula is C54H56O29. The minimum absolute atomic E-state index is 0.0724. The van der Waals surface area contributed by atoms with E-state index in [2.05, 4.69) is 0 Å². The first-order chi connectivity index (χ1) is 39.4. The van der Waals surface area contributed by atoms with Crippen LogP contribution in [0.5, 0.6) is 46.0 Å². The lowest BCUT2D eigenvalue weighted by Gasteiger charge is -2.41. The number of hydrogen-bond acceptors (Lipinski definition) is 28. The summed E-state index contributed by atoms with van der Waals surface area (Å²) in [6, 6.07) is 15.2. The van der Waals surface area contributed by atoms with Gasteiger partial charge in [-0.15, -0.1) is 0 Å². The van der Waals surface area contributed by atoms with E-state index < -0.39 is 166 Å². The van der Waals surface area contributed by atoms with Gasteiger partial charge in [0, 0.05) is 29.8 Å². The number of hydrogen-bond donors (Lipinski definition) is 15. The summed E-state index contributed by atoms with van der Waals surface area (Å²) in [6.45, 7) is -2.12. The van der Waals surface area contributed by atoms with Crippen LogP contribution >= 0.6 is 0 Å². The van der Waals surface area contributed by atoms with Gasteiger partial charge in [0.25, 0.3) is 0 Å². The average molecular weight is 1170 g/mol. The Morgan fingerprint density at radius 2 is 0.988 bits per heavy atom. The standard InChI is InChI=1S/C54H56O29/c55-25-7-5-24(6-8-25)51-34(80-54-50(73)47(70)44(67)37(83-54)21-76-41(64)18-38(60)61)17-27-29(57)15-26(16-33(27)78-51)77-52-48(71)45(68)42(65)35(81-52)19-74-40(63)12-4-23-2-10-32(31(59)14-23)79-53-49(72)46(69)43(66)36(82-53)20-75-39(62)11-3-22-1-9-28(56)30(58)13-22/h1-17,35-37,42-59,65-73H,18-21H2,(H,60,61). The molecule has 8 rings (SSSR count). The van der Waals surface area contributed by atoms with Crippen LogP contribution in [-0.4, -0.2) is 212 Å². The van der Waals surface area contributed by atoms with Crippen molar-refractivity contribution >= 4 is 42.1 Å². The third-order valence-corrected chi connectivity index (χ3v) is 13.1. The van der Waals surface area contributed by atoms with Gasteiger partial charge in [0.2, 0.25) is 18.9 Å². The van der Waals surface area contributed by atoms with Gasteiger partial charge in [-0.25, -0.2) is 9.59 Å². The number of carboxylic acid groups (broad SMARTS) is 1. The van der Waals surface area contributed by atoms with Crippen molar-refractivity contribution in [2.75, 3.05) is 19.8 Å². The predicted molar refractivity (Wildman–Crippen MR) is 271 cm³/mol. The molecule has 4 aromatic rings. The molecule has 0 amide bonds. The van der Waals surface area contributed by atoms with Crippen LogP contribution in [0.15, 0.2) is 90.7 Å². The fourth-order valence-corrected chi connectivity index (χ4v) is 8.61. The second-order valence-corrected chi connectivity index (χ2v) is 19.0. The molecule has 446 valence electrons. The maximum atomic E-state index is 12.9. The second-order valence-electron chi connectivity index (χ2n) is 19.0. The highest BCUT2D eigenvalue weighted by atomic mass is 16.7. The maximum Gasteiger partial charge on any atom is 0.330 e. The van der Waals surface area contributed by atoms with Gasteiger partial charge in [-0.3, -0.25) is 9.59 Å². The lowest BCUT2D eigenvalue weighted by atomic mass is 9.98. The van der Waals surface area contributed by atoms with Gasteiger partial charge in [0.15, 0.2) is 29.1 Å². The number of ether oxygens (including phenoxy) is 10. The Hall–Kier alpha value is -8.30. The molecule has 3 fully saturated rings. The number of esters is 3. The first-order valence-corrected chi connectivity index (χ1v) is 25.0. The normalized spacial score (nSPS) is 29.6. The first kappa shape index (κ1) is 60.8. The molecule has 16 unspecified atom stereocenters. The van der Waals surface area contributed by atoms with E-state index >= 15 is 0 Å². The molecule has 15 N–H and O–H groups in total. The minimum Gasteiger partial charge on any atom is -0.508 e. The highest BCUT2D eigenvalue weighted by Gasteiger charge is 2.49. The number of aliphatic carboxylic acids is 1. The Labute approximate surface area is 467 Å². The third-order valence-electron chi connectivity index (χ3n) is 13.1. The van der Waals surface area contributed by atoms with Gasteiger partial charge in [-0.05, 0) is 65.8 Å². The van der Waals surface area contributed by atoms with Crippen LogP contribution in [0.3, 0.4) is 0 Å². The fourth-order valence-electron chi connectivity index (χ4n) is 8.61. The molecule has 0 saturated carbocycles. The maximum absolute atomic E-state index is 12.9. The number of carbonyl (C=O) groups excluding carboxylic acids is 3. The molecule has 3 saturated heterocycles. The Morgan fingerprint density at radius 1 is 0.494 bits per heavy atom. The lowest BCUT2D eigenvalue weighted by molar-refractivity contribution is -0.294. The van der Waals surface area contributed by atoms with E-state index in [1.54, 1.807) is 0 Å². The van der Waals surface area contributed by atoms with Crippen molar-refractivity contribution in [1.29, 1.82) is 0 Å². The zero-order valence-electron chi connectivity index (χ0n) is 42.8. The summed E-state index contributed by atoms with van der Waals surface area (Å²) in [6.07, 6.45) is -23.5. The van der Waals surface area contributed by atoms with Gasteiger partial charge >= 0.3 is 23.9 Å². The van der Waals surface area contributed by atoms with Crippen molar-refractivity contribution in [2.24, 2.45) is 0 Å². The quantitative estimate of drug-likeness (QED) is 0.0166. The summed E-state index contributed by atoms with van der Waals surface area (Å²) in [5, 5.41) is 156. The van der Waals surface area contributed by atoms with Crippen LogP contribution in [0.1, 0.15) is 34.8 Å². The summed E-state index contributed by atoms with van der Waals surface area (Å²) in [7, 11) is 0. The van der Waals surface area contributed by atoms with E-state index in [9.17, 15) is 90.7 Å². The van der Waals surface area contributed by atoms with Crippen LogP contribution in [0, 0.1) is 0 Å². The number of carbonyl (C=O) groups is 4. The van der Waals surface area contributed by atoms with Crippen LogP contribution in [-0.2, 0) is 52.3 Å². The Morgan fingerprint density at radius 3 is 1.51 bits per heavy atom. The smallest absolute Gasteiger partial charge is 0.330 e. The van der Waals surface area contributed by atoms with Gasteiger partial charge in [-0.1, -0.05) is 24.3 Å². The number of carboxylic acids is 1. The second kappa shape index (κ2) is 26.3. The molecule has 83 heavy (non-hydrogen) atoms. The van der Waals surface area contributed by atoms with E-state index in [4.69, 9.17) is 52.5 Å². The minimum atomic E-state index is -1.95. The molecule has 0 aliphatic carbocycles. The summed E-state index contributed by atoms with van der Waals surface area (Å²) >= 11 is 0. The van der Waals surface area contributed by atoms with E-state index in [1.807, 2.05) is 0 Å². The molecule has 16 atom stereocenters. The predicted octanol–water partition coefficient (Wildman–Crippen LogP) is -1.58. The summed E-state index contributed by atoms with van der Waals surface area (Å²) in [5.74, 6) is -7.54. The summed E-state index contributed by atoms with van der Waals surface area (Å²) in [4.78, 5) is 48.0. The highest BCUT2D eigenvalue weighted by molar-refractivity contribution is 5.90. The zero-order chi connectivity index (χ0) is 60.0. The van der Waals surface area contributed by atoms with Gasteiger partial charge in [0.1, 0.15) is 128 Å². The number of aliphatic hydroxyl groups is 9. The average Bonchev–Trinajstić information content (AvgIpc) is 3.62. The van der Waals surface area contributed by atoms with Crippen molar-refractivity contribution in [3.63, 3.8) is 0 Å². The van der Waals surface area contributed by atoms with Crippen LogP contribution < -0.4 is 14.2 Å². The molecule has 4 aliphatic rings. The molecule has 0 aromatic heterocycles. The van der Waals surface area contributed by atoms with Crippen molar-refractivity contribution in [2.45, 2.75) is 105 Å². The van der Waals surface area contributed by atoms with E-state index in [0.717, 1.165) is 24.3 Å².